The molecule has 0 radical (unpaired) electrons. The summed E-state index contributed by atoms with van der Waals surface area (Å²) in [5.74, 6) is 1.62. The minimum atomic E-state index is 0.429. The van der Waals surface area contributed by atoms with Crippen LogP contribution in [-0.4, -0.2) is 15.0 Å². The lowest BCUT2D eigenvalue weighted by Gasteiger charge is -2.11. The quantitative estimate of drug-likeness (QED) is 0.897. The molecular formula is C13H16N4O. The van der Waals surface area contributed by atoms with E-state index in [1.807, 2.05) is 32.9 Å². The Kier molecular flexibility index (Phi) is 3.41. The molecule has 2 aromatic heterocycles. The highest BCUT2D eigenvalue weighted by Gasteiger charge is 2.10. The average Bonchev–Trinajstić information content (AvgIpc) is 2.37. The number of anilines is 1. The van der Waals surface area contributed by atoms with Gasteiger partial charge in [0, 0.05) is 5.69 Å². The van der Waals surface area contributed by atoms with Crippen LogP contribution in [0.3, 0.4) is 0 Å². The van der Waals surface area contributed by atoms with Gasteiger partial charge in [0.15, 0.2) is 5.75 Å². The number of rotatable bonds is 3. The summed E-state index contributed by atoms with van der Waals surface area (Å²) in [5, 5.41) is 0. The molecule has 0 spiro atoms. The van der Waals surface area contributed by atoms with E-state index < -0.39 is 0 Å². The number of nitrogens with zero attached hydrogens (tertiary/aromatic N) is 3. The number of aromatic nitrogens is 3. The van der Waals surface area contributed by atoms with Gasteiger partial charge in [0.05, 0.1) is 11.3 Å². The third-order valence-corrected chi connectivity index (χ3v) is 2.69. The van der Waals surface area contributed by atoms with Crippen LogP contribution < -0.4 is 10.5 Å². The second-order valence-corrected chi connectivity index (χ2v) is 4.04. The summed E-state index contributed by atoms with van der Waals surface area (Å²) in [4.78, 5) is 12.4. The Morgan fingerprint density at radius 3 is 2.72 bits per heavy atom. The minimum absolute atomic E-state index is 0.429. The van der Waals surface area contributed by atoms with Crippen molar-refractivity contribution in [2.75, 3.05) is 5.73 Å². The molecule has 0 fully saturated rings. The molecule has 94 valence electrons. The summed E-state index contributed by atoms with van der Waals surface area (Å²) in [5.41, 5.74) is 8.34. The number of hydrogen-bond acceptors (Lipinski definition) is 5. The number of pyridine rings is 1. The Labute approximate surface area is 106 Å². The number of hydrogen-bond donors (Lipinski definition) is 1. The second kappa shape index (κ2) is 5.00. The molecule has 0 aliphatic carbocycles. The molecule has 5 nitrogen and oxygen atoms in total. The monoisotopic (exact) mass is 244 g/mol. The first-order chi connectivity index (χ1) is 8.61. The molecule has 0 unspecified atom stereocenters. The van der Waals surface area contributed by atoms with E-state index in [9.17, 15) is 0 Å². The van der Waals surface area contributed by atoms with Gasteiger partial charge in [0.1, 0.15) is 12.1 Å². The molecule has 0 saturated heterocycles. The Balaban J connectivity index is 2.37. The molecule has 0 aliphatic heterocycles. The molecule has 2 N–H and O–H groups in total. The lowest BCUT2D eigenvalue weighted by molar-refractivity contribution is 0.449. The largest absolute Gasteiger partial charge is 0.437 e. The number of ether oxygens (including phenoxy) is 1. The lowest BCUT2D eigenvalue weighted by Crippen LogP contribution is -2.01. The fourth-order valence-corrected chi connectivity index (χ4v) is 1.60. The average molecular weight is 244 g/mol. The maximum atomic E-state index is 5.77. The Hall–Kier alpha value is -2.17. The van der Waals surface area contributed by atoms with Gasteiger partial charge in [-0.2, -0.15) is 0 Å². The van der Waals surface area contributed by atoms with Gasteiger partial charge in [-0.05, 0) is 32.4 Å². The zero-order valence-corrected chi connectivity index (χ0v) is 10.8. The van der Waals surface area contributed by atoms with E-state index in [1.54, 1.807) is 0 Å². The highest BCUT2D eigenvalue weighted by Crippen LogP contribution is 2.27. The summed E-state index contributed by atoms with van der Waals surface area (Å²) in [6.45, 7) is 5.82. The molecule has 2 heterocycles. The summed E-state index contributed by atoms with van der Waals surface area (Å²) in [6, 6.07) is 3.81. The van der Waals surface area contributed by atoms with Crippen LogP contribution in [0.2, 0.25) is 0 Å². The van der Waals surface area contributed by atoms with Gasteiger partial charge in [-0.3, -0.25) is 4.98 Å². The van der Waals surface area contributed by atoms with Gasteiger partial charge in [0.25, 0.3) is 0 Å². The molecule has 0 saturated carbocycles. The van der Waals surface area contributed by atoms with E-state index in [0.29, 0.717) is 17.4 Å². The summed E-state index contributed by atoms with van der Waals surface area (Å²) < 4.78 is 5.77. The standard InChI is InChI=1S/C13H16N4O/c1-4-10-11(6-5-8(2)17-10)18-13-9(3)12(14)15-7-16-13/h5-7H,4H2,1-3H3,(H2,14,15,16). The fraction of sp³-hybridized carbons (Fsp3) is 0.308. The third-order valence-electron chi connectivity index (χ3n) is 2.69. The predicted octanol–water partition coefficient (Wildman–Crippen LogP) is 2.43. The highest BCUT2D eigenvalue weighted by atomic mass is 16.5. The highest BCUT2D eigenvalue weighted by molar-refractivity contribution is 5.45. The number of nitrogen functional groups attached to an aromatic ring is 1. The summed E-state index contributed by atoms with van der Waals surface area (Å²) in [6.07, 6.45) is 2.20. The molecule has 0 atom stereocenters. The molecule has 0 aliphatic rings. The van der Waals surface area contributed by atoms with Gasteiger partial charge in [-0.1, -0.05) is 6.92 Å². The maximum absolute atomic E-state index is 5.77. The summed E-state index contributed by atoms with van der Waals surface area (Å²) >= 11 is 0. The SMILES string of the molecule is CCc1nc(C)ccc1Oc1ncnc(N)c1C. The second-order valence-electron chi connectivity index (χ2n) is 4.04. The van der Waals surface area contributed by atoms with E-state index >= 15 is 0 Å². The molecule has 0 amide bonds. The molecule has 2 aromatic rings. The first-order valence-corrected chi connectivity index (χ1v) is 5.83. The van der Waals surface area contributed by atoms with Gasteiger partial charge in [-0.25, -0.2) is 9.97 Å². The summed E-state index contributed by atoms with van der Waals surface area (Å²) in [7, 11) is 0. The van der Waals surface area contributed by atoms with Crippen LogP contribution in [0.15, 0.2) is 18.5 Å². The topological polar surface area (TPSA) is 73.9 Å². The molecule has 5 heteroatoms. The van der Waals surface area contributed by atoms with Crippen LogP contribution in [0.5, 0.6) is 11.6 Å². The van der Waals surface area contributed by atoms with E-state index in [-0.39, 0.29) is 0 Å². The zero-order chi connectivity index (χ0) is 13.1. The molecule has 18 heavy (non-hydrogen) atoms. The van der Waals surface area contributed by atoms with E-state index in [2.05, 4.69) is 15.0 Å². The van der Waals surface area contributed by atoms with Gasteiger partial charge in [0.2, 0.25) is 5.88 Å². The number of aryl methyl sites for hydroxylation is 2. The van der Waals surface area contributed by atoms with Crippen molar-refractivity contribution < 1.29 is 4.74 Å². The Morgan fingerprint density at radius 2 is 2.00 bits per heavy atom. The minimum Gasteiger partial charge on any atom is -0.437 e. The van der Waals surface area contributed by atoms with E-state index in [0.717, 1.165) is 23.4 Å². The smallest absolute Gasteiger partial charge is 0.227 e. The fourth-order valence-electron chi connectivity index (χ4n) is 1.60. The molecule has 0 aromatic carbocycles. The Morgan fingerprint density at radius 1 is 1.22 bits per heavy atom. The lowest BCUT2D eigenvalue weighted by atomic mass is 10.2. The van der Waals surface area contributed by atoms with Crippen molar-refractivity contribution in [3.05, 3.63) is 35.4 Å². The number of nitrogens with two attached hydrogens (primary N) is 1. The van der Waals surface area contributed by atoms with Crippen LogP contribution >= 0.6 is 0 Å². The van der Waals surface area contributed by atoms with Crippen LogP contribution in [0, 0.1) is 13.8 Å². The van der Waals surface area contributed by atoms with Crippen molar-refractivity contribution in [3.63, 3.8) is 0 Å². The van der Waals surface area contributed by atoms with Gasteiger partial charge < -0.3 is 10.5 Å². The van der Waals surface area contributed by atoms with Crippen molar-refractivity contribution in [3.8, 4) is 11.6 Å². The van der Waals surface area contributed by atoms with Crippen LogP contribution in [0.1, 0.15) is 23.9 Å². The van der Waals surface area contributed by atoms with Crippen LogP contribution in [0.4, 0.5) is 5.82 Å². The van der Waals surface area contributed by atoms with Gasteiger partial charge >= 0.3 is 0 Å². The normalized spacial score (nSPS) is 10.4. The Bertz CT molecular complexity index is 569. The van der Waals surface area contributed by atoms with Crippen molar-refractivity contribution in [1.82, 2.24) is 15.0 Å². The molecule has 2 rings (SSSR count). The third kappa shape index (κ3) is 2.40. The van der Waals surface area contributed by atoms with Gasteiger partial charge in [-0.15, -0.1) is 0 Å². The molecular weight excluding hydrogens is 228 g/mol. The van der Waals surface area contributed by atoms with E-state index in [1.165, 1.54) is 6.33 Å². The van der Waals surface area contributed by atoms with Crippen molar-refractivity contribution >= 4 is 5.82 Å². The first-order valence-electron chi connectivity index (χ1n) is 5.83. The predicted molar refractivity (Wildman–Crippen MR) is 69.6 cm³/mol. The first kappa shape index (κ1) is 12.3. The van der Waals surface area contributed by atoms with E-state index in [4.69, 9.17) is 10.5 Å². The molecule has 0 bridgehead atoms. The zero-order valence-electron chi connectivity index (χ0n) is 10.8. The van der Waals surface area contributed by atoms with Crippen molar-refractivity contribution in [2.45, 2.75) is 27.2 Å². The maximum Gasteiger partial charge on any atom is 0.227 e. The van der Waals surface area contributed by atoms with Crippen LogP contribution in [-0.2, 0) is 6.42 Å². The van der Waals surface area contributed by atoms with Crippen LogP contribution in [0.25, 0.3) is 0 Å². The van der Waals surface area contributed by atoms with Crippen molar-refractivity contribution in [2.24, 2.45) is 0 Å². The van der Waals surface area contributed by atoms with Crippen molar-refractivity contribution in [1.29, 1.82) is 0 Å².